The first-order valence-corrected chi connectivity index (χ1v) is 5.42. The van der Waals surface area contributed by atoms with E-state index >= 15 is 0 Å². The third kappa shape index (κ3) is 1.91. The number of hydrogen-bond donors (Lipinski definition) is 1. The molecule has 0 unspecified atom stereocenters. The van der Waals surface area contributed by atoms with Crippen molar-refractivity contribution in [2.75, 3.05) is 26.4 Å². The second-order valence-corrected chi connectivity index (χ2v) is 5.42. The van der Waals surface area contributed by atoms with Gasteiger partial charge in [-0.3, -0.25) is 0 Å². The molecule has 1 N–H and O–H groups in total. The number of likely N-dealkylation sites (tertiary alicyclic amines) is 1. The van der Waals surface area contributed by atoms with Crippen LogP contribution >= 0.6 is 0 Å². The molecule has 0 aromatic carbocycles. The summed E-state index contributed by atoms with van der Waals surface area (Å²) in [6.45, 7) is 0.901. The molecule has 4 nitrogen and oxygen atoms in total. The Hall–Kier alpha value is -0.130. The lowest BCUT2D eigenvalue weighted by atomic mass is 10.3. The molecule has 0 aliphatic carbocycles. The van der Waals surface area contributed by atoms with Crippen molar-refractivity contribution >= 4 is 9.84 Å². The van der Waals surface area contributed by atoms with E-state index in [0.717, 1.165) is 0 Å². The molecule has 0 bridgehead atoms. The van der Waals surface area contributed by atoms with Gasteiger partial charge in [0.1, 0.15) is 5.25 Å². The number of rotatable bonds is 1. The van der Waals surface area contributed by atoms with Crippen molar-refractivity contribution in [1.29, 1.82) is 0 Å². The molecule has 0 saturated carbocycles. The van der Waals surface area contributed by atoms with Crippen molar-refractivity contribution in [2.24, 2.45) is 0 Å². The van der Waals surface area contributed by atoms with Gasteiger partial charge in [0.2, 0.25) is 0 Å². The highest BCUT2D eigenvalue weighted by Gasteiger charge is 2.36. The lowest BCUT2D eigenvalue weighted by molar-refractivity contribution is 0.184. The average Bonchev–Trinajstić information content (AvgIpc) is 2.08. The Balaban J connectivity index is 2.76. The van der Waals surface area contributed by atoms with Gasteiger partial charge in [0, 0.05) is 19.3 Å². The Morgan fingerprint density at radius 2 is 2.00 bits per heavy atom. The van der Waals surface area contributed by atoms with Crippen molar-refractivity contribution in [3.8, 4) is 0 Å². The first-order valence-electron chi connectivity index (χ1n) is 3.46. The van der Waals surface area contributed by atoms with Gasteiger partial charge in [-0.2, -0.15) is 0 Å². The highest BCUT2D eigenvalue weighted by Crippen LogP contribution is 2.14. The molecule has 1 rings (SSSR count). The van der Waals surface area contributed by atoms with Crippen LogP contribution in [0.15, 0.2) is 0 Å². The monoisotopic (exact) mass is 179 g/mol. The average molecular weight is 179 g/mol. The topological polar surface area (TPSA) is 57.6 Å². The number of hydrogen-bond acceptors (Lipinski definition) is 4. The van der Waals surface area contributed by atoms with Crippen LogP contribution < -0.4 is 0 Å². The molecule has 0 amide bonds. The maximum atomic E-state index is 11.0. The van der Waals surface area contributed by atoms with E-state index in [2.05, 4.69) is 0 Å². The molecule has 1 aliphatic heterocycles. The summed E-state index contributed by atoms with van der Waals surface area (Å²) in [5, 5.41) is 8.68. The predicted molar refractivity (Wildman–Crippen MR) is 42.1 cm³/mol. The van der Waals surface area contributed by atoms with Crippen LogP contribution in [-0.4, -0.2) is 56.2 Å². The quantitative estimate of drug-likeness (QED) is 0.544. The van der Waals surface area contributed by atoms with Gasteiger partial charge in [0.25, 0.3) is 0 Å². The van der Waals surface area contributed by atoms with E-state index in [0.29, 0.717) is 13.1 Å². The molecular weight excluding hydrogens is 166 g/mol. The van der Waals surface area contributed by atoms with Crippen molar-refractivity contribution in [2.45, 2.75) is 11.4 Å². The molecule has 0 aromatic rings. The second kappa shape index (κ2) is 2.73. The Morgan fingerprint density at radius 3 is 2.18 bits per heavy atom. The van der Waals surface area contributed by atoms with E-state index < -0.39 is 21.2 Å². The van der Waals surface area contributed by atoms with Crippen LogP contribution in [0, 0.1) is 0 Å². The summed E-state index contributed by atoms with van der Waals surface area (Å²) in [6, 6.07) is 0. The second-order valence-electron chi connectivity index (χ2n) is 3.16. The van der Waals surface area contributed by atoms with Crippen LogP contribution in [0.25, 0.3) is 0 Å². The van der Waals surface area contributed by atoms with Crippen molar-refractivity contribution < 1.29 is 13.5 Å². The summed E-state index contributed by atoms with van der Waals surface area (Å²) in [5.74, 6) is 0. The molecule has 1 aliphatic rings. The molecule has 2 atom stereocenters. The minimum Gasteiger partial charge on any atom is -0.390 e. The Morgan fingerprint density at radius 1 is 1.45 bits per heavy atom. The summed E-state index contributed by atoms with van der Waals surface area (Å²) in [5.41, 5.74) is 0. The van der Waals surface area contributed by atoms with Crippen LogP contribution in [0.5, 0.6) is 0 Å². The zero-order valence-electron chi connectivity index (χ0n) is 6.69. The molecular formula is C6H13NO3S. The van der Waals surface area contributed by atoms with Gasteiger partial charge < -0.3 is 10.0 Å². The van der Waals surface area contributed by atoms with E-state index in [-0.39, 0.29) is 0 Å². The highest BCUT2D eigenvalue weighted by atomic mass is 32.2. The molecule has 66 valence electrons. The predicted octanol–water partition coefficient (Wildman–Crippen LogP) is -1.29. The normalized spacial score (nSPS) is 34.5. The molecule has 1 saturated heterocycles. The van der Waals surface area contributed by atoms with E-state index in [1.807, 2.05) is 4.90 Å². The maximum absolute atomic E-state index is 11.0. The van der Waals surface area contributed by atoms with Crippen LogP contribution in [0.1, 0.15) is 0 Å². The number of β-amino-alcohol motifs (C(OH)–C–C–N with tert-alkyl or cyclic N) is 1. The van der Waals surface area contributed by atoms with Crippen LogP contribution in [0.4, 0.5) is 0 Å². The summed E-state index contributed by atoms with van der Waals surface area (Å²) in [4.78, 5) is 1.82. The Labute approximate surface area is 66.7 Å². The minimum atomic E-state index is -3.08. The van der Waals surface area contributed by atoms with Gasteiger partial charge in [-0.05, 0) is 7.05 Å². The zero-order chi connectivity index (χ0) is 8.65. The Bertz CT molecular complexity index is 236. The highest BCUT2D eigenvalue weighted by molar-refractivity contribution is 7.91. The molecule has 0 aromatic heterocycles. The van der Waals surface area contributed by atoms with Gasteiger partial charge in [0.15, 0.2) is 9.84 Å². The SMILES string of the molecule is CN1C[C@@H](O)[C@H](S(C)(=O)=O)C1. The van der Waals surface area contributed by atoms with Crippen LogP contribution in [0.2, 0.25) is 0 Å². The molecule has 0 spiro atoms. The molecule has 0 radical (unpaired) electrons. The lowest BCUT2D eigenvalue weighted by Crippen LogP contribution is -2.31. The molecule has 11 heavy (non-hydrogen) atoms. The van der Waals surface area contributed by atoms with E-state index in [1.54, 1.807) is 7.05 Å². The Kier molecular flexibility index (Phi) is 2.22. The third-order valence-corrected chi connectivity index (χ3v) is 3.53. The smallest absolute Gasteiger partial charge is 0.154 e. The molecule has 5 heteroatoms. The summed E-state index contributed by atoms with van der Waals surface area (Å²) in [7, 11) is -1.28. The van der Waals surface area contributed by atoms with Gasteiger partial charge in [-0.1, -0.05) is 0 Å². The van der Waals surface area contributed by atoms with Crippen molar-refractivity contribution in [1.82, 2.24) is 4.90 Å². The van der Waals surface area contributed by atoms with E-state index in [9.17, 15) is 13.5 Å². The fraction of sp³-hybridized carbons (Fsp3) is 1.00. The lowest BCUT2D eigenvalue weighted by Gasteiger charge is -2.09. The summed E-state index contributed by atoms with van der Waals surface area (Å²) >= 11 is 0. The van der Waals surface area contributed by atoms with Gasteiger partial charge >= 0.3 is 0 Å². The van der Waals surface area contributed by atoms with Crippen molar-refractivity contribution in [3.05, 3.63) is 0 Å². The number of aliphatic hydroxyl groups excluding tert-OH is 1. The standard InChI is InChI=1S/C6H13NO3S/c1-7-3-5(8)6(4-7)11(2,9)10/h5-6,8H,3-4H2,1-2H3/t5-,6-/m1/s1. The fourth-order valence-corrected chi connectivity index (χ4v) is 2.54. The number of nitrogens with zero attached hydrogens (tertiary/aromatic N) is 1. The van der Waals surface area contributed by atoms with Crippen molar-refractivity contribution in [3.63, 3.8) is 0 Å². The number of aliphatic hydroxyl groups is 1. The maximum Gasteiger partial charge on any atom is 0.154 e. The van der Waals surface area contributed by atoms with Crippen LogP contribution in [0.3, 0.4) is 0 Å². The van der Waals surface area contributed by atoms with E-state index in [1.165, 1.54) is 6.26 Å². The third-order valence-electron chi connectivity index (χ3n) is 1.97. The van der Waals surface area contributed by atoms with Gasteiger partial charge in [-0.25, -0.2) is 8.42 Å². The zero-order valence-corrected chi connectivity index (χ0v) is 7.50. The fourth-order valence-electron chi connectivity index (χ4n) is 1.36. The number of likely N-dealkylation sites (N-methyl/N-ethyl adjacent to an activating group) is 1. The van der Waals surface area contributed by atoms with E-state index in [4.69, 9.17) is 0 Å². The van der Waals surface area contributed by atoms with Gasteiger partial charge in [-0.15, -0.1) is 0 Å². The molecule has 1 fully saturated rings. The summed E-state index contributed by atoms with van der Waals surface area (Å²) in [6.07, 6.45) is 0.454. The number of sulfone groups is 1. The first-order chi connectivity index (χ1) is 4.91. The van der Waals surface area contributed by atoms with Gasteiger partial charge in [0.05, 0.1) is 6.10 Å². The summed E-state index contributed by atoms with van der Waals surface area (Å²) < 4.78 is 22.0. The molecule has 1 heterocycles. The van der Waals surface area contributed by atoms with Crippen LogP contribution in [-0.2, 0) is 9.84 Å². The minimum absolute atomic E-state index is 0.444. The largest absolute Gasteiger partial charge is 0.390 e. The first kappa shape index (κ1) is 8.96.